The van der Waals surface area contributed by atoms with E-state index in [1.165, 1.54) is 11.1 Å². The minimum Gasteiger partial charge on any atom is -0.390 e. The second-order valence-electron chi connectivity index (χ2n) is 10.7. The van der Waals surface area contributed by atoms with Gasteiger partial charge in [0.25, 0.3) is 17.7 Å². The summed E-state index contributed by atoms with van der Waals surface area (Å²) in [7, 11) is 0. The summed E-state index contributed by atoms with van der Waals surface area (Å²) in [5, 5.41) is 21.1. The fourth-order valence-electron chi connectivity index (χ4n) is 5.16. The highest BCUT2D eigenvalue weighted by Crippen LogP contribution is 2.49. The molecule has 0 spiro atoms. The van der Waals surface area contributed by atoms with E-state index in [4.69, 9.17) is 5.41 Å². The van der Waals surface area contributed by atoms with Gasteiger partial charge >= 0.3 is 0 Å². The van der Waals surface area contributed by atoms with Gasteiger partial charge in [-0.15, -0.1) is 0 Å². The first kappa shape index (κ1) is 28.4. The molecule has 4 heterocycles. The Hall–Kier alpha value is -4.16. The van der Waals surface area contributed by atoms with Crippen LogP contribution < -0.4 is 16.0 Å². The van der Waals surface area contributed by atoms with Crippen molar-refractivity contribution in [3.05, 3.63) is 47.7 Å². The number of nitrogens with zero attached hydrogens (tertiary/aromatic N) is 4. The quantitative estimate of drug-likeness (QED) is 0.419. The molecule has 41 heavy (non-hydrogen) atoms. The highest BCUT2D eigenvalue weighted by atomic mass is 19.3. The predicted molar refractivity (Wildman–Crippen MR) is 148 cm³/mol. The van der Waals surface area contributed by atoms with Crippen LogP contribution in [0.2, 0.25) is 0 Å². The molecule has 2 aliphatic heterocycles. The number of pyridine rings is 1. The van der Waals surface area contributed by atoms with E-state index in [1.807, 2.05) is 0 Å². The van der Waals surface area contributed by atoms with Crippen molar-refractivity contribution >= 4 is 35.2 Å². The molecule has 1 unspecified atom stereocenters. The third-order valence-electron chi connectivity index (χ3n) is 7.69. The largest absolute Gasteiger partial charge is 0.390 e. The zero-order valence-electron chi connectivity index (χ0n) is 22.7. The fraction of sp³-hybridized carbons (Fsp3) is 0.500. The lowest BCUT2D eigenvalue weighted by Crippen LogP contribution is -2.40. The molecule has 0 aromatic carbocycles. The molecule has 2 aromatic heterocycles. The van der Waals surface area contributed by atoms with Crippen LogP contribution in [-0.2, 0) is 4.79 Å². The van der Waals surface area contributed by atoms with E-state index in [-0.39, 0.29) is 29.5 Å². The van der Waals surface area contributed by atoms with Gasteiger partial charge in [0, 0.05) is 56.8 Å². The highest BCUT2D eigenvalue weighted by molar-refractivity contribution is 6.09. The SMILES string of the molecule is N=C/C1=C\NCCCCCCNC(=O)c2nn(C3CCN(C(=O)C4CC4(F)F)CC3)cc2NC(=O)c2cccc1n2. The van der Waals surface area contributed by atoms with Gasteiger partial charge in [0.05, 0.1) is 17.4 Å². The normalized spacial score (nSPS) is 23.4. The zero-order chi connectivity index (χ0) is 29.0. The average molecular weight is 569 g/mol. The number of aromatic nitrogens is 3. The molecule has 218 valence electrons. The number of rotatable bonds is 3. The van der Waals surface area contributed by atoms with Gasteiger partial charge < -0.3 is 26.3 Å². The average Bonchev–Trinajstić information content (AvgIpc) is 3.41. The topological polar surface area (TPSA) is 145 Å². The molecule has 2 bridgehead atoms. The van der Waals surface area contributed by atoms with Crippen molar-refractivity contribution in [2.45, 2.75) is 56.9 Å². The Kier molecular flexibility index (Phi) is 8.41. The summed E-state index contributed by atoms with van der Waals surface area (Å²) >= 11 is 0. The van der Waals surface area contributed by atoms with Crippen molar-refractivity contribution in [1.82, 2.24) is 30.3 Å². The molecule has 13 heteroatoms. The summed E-state index contributed by atoms with van der Waals surface area (Å²) in [4.78, 5) is 44.6. The van der Waals surface area contributed by atoms with Gasteiger partial charge in [0.15, 0.2) is 5.69 Å². The minimum atomic E-state index is -2.90. The van der Waals surface area contributed by atoms with E-state index in [9.17, 15) is 23.2 Å². The van der Waals surface area contributed by atoms with Crippen LogP contribution in [0.15, 0.2) is 30.6 Å². The molecular formula is C28H34F2N8O3. The number of allylic oxidation sites excluding steroid dienone is 1. The lowest BCUT2D eigenvalue weighted by Gasteiger charge is -2.32. The van der Waals surface area contributed by atoms with E-state index >= 15 is 0 Å². The first-order valence-corrected chi connectivity index (χ1v) is 14.0. The number of nitrogens with one attached hydrogen (secondary N) is 4. The molecule has 5 rings (SSSR count). The van der Waals surface area contributed by atoms with Crippen LogP contribution in [0.3, 0.4) is 0 Å². The summed E-state index contributed by atoms with van der Waals surface area (Å²) in [6.45, 7) is 1.81. The van der Waals surface area contributed by atoms with Crippen LogP contribution in [0.25, 0.3) is 5.57 Å². The Morgan fingerprint density at radius 3 is 2.46 bits per heavy atom. The number of alkyl halides is 2. The van der Waals surface area contributed by atoms with E-state index in [0.29, 0.717) is 43.7 Å². The molecule has 3 aliphatic rings. The monoisotopic (exact) mass is 568 g/mol. The Morgan fingerprint density at radius 1 is 1.05 bits per heavy atom. The highest BCUT2D eigenvalue weighted by Gasteiger charge is 2.62. The van der Waals surface area contributed by atoms with Crippen molar-refractivity contribution in [3.8, 4) is 0 Å². The number of likely N-dealkylation sites (tertiary alicyclic amines) is 1. The van der Waals surface area contributed by atoms with Crippen LogP contribution in [0.1, 0.15) is 77.7 Å². The summed E-state index contributed by atoms with van der Waals surface area (Å²) in [6.07, 6.45) is 8.68. The molecule has 2 fully saturated rings. The Morgan fingerprint density at radius 2 is 1.76 bits per heavy atom. The number of hydrogen-bond donors (Lipinski definition) is 4. The zero-order valence-corrected chi connectivity index (χ0v) is 22.7. The van der Waals surface area contributed by atoms with Gasteiger partial charge in [-0.2, -0.15) is 5.10 Å². The summed E-state index contributed by atoms with van der Waals surface area (Å²) in [6, 6.07) is 4.77. The van der Waals surface area contributed by atoms with Crippen molar-refractivity contribution in [2.75, 3.05) is 31.5 Å². The van der Waals surface area contributed by atoms with Crippen molar-refractivity contribution in [1.29, 1.82) is 5.41 Å². The number of carbonyl (C=O) groups is 3. The van der Waals surface area contributed by atoms with Crippen LogP contribution in [-0.4, -0.2) is 75.7 Å². The van der Waals surface area contributed by atoms with E-state index in [0.717, 1.165) is 32.2 Å². The maximum absolute atomic E-state index is 13.4. The fourth-order valence-corrected chi connectivity index (χ4v) is 5.16. The van der Waals surface area contributed by atoms with Gasteiger partial charge in [0.1, 0.15) is 11.6 Å². The van der Waals surface area contributed by atoms with Gasteiger partial charge in [-0.25, -0.2) is 13.8 Å². The minimum absolute atomic E-state index is 0.0658. The van der Waals surface area contributed by atoms with Gasteiger partial charge in [0.2, 0.25) is 5.91 Å². The Bertz CT molecular complexity index is 1350. The summed E-state index contributed by atoms with van der Waals surface area (Å²) in [5.41, 5.74) is 1.39. The lowest BCUT2D eigenvalue weighted by atomic mass is 10.0. The number of piperidine rings is 1. The third kappa shape index (κ3) is 6.60. The Balaban J connectivity index is 1.36. The molecule has 0 radical (unpaired) electrons. The van der Waals surface area contributed by atoms with Crippen LogP contribution >= 0.6 is 0 Å². The molecule has 1 atom stereocenters. The van der Waals surface area contributed by atoms with Crippen LogP contribution in [0.5, 0.6) is 0 Å². The van der Waals surface area contributed by atoms with Crippen molar-refractivity contribution < 1.29 is 23.2 Å². The molecule has 1 aliphatic carbocycles. The number of anilines is 1. The second kappa shape index (κ2) is 12.1. The molecule has 4 N–H and O–H groups in total. The van der Waals surface area contributed by atoms with Gasteiger partial charge in [-0.3, -0.25) is 19.1 Å². The first-order valence-electron chi connectivity index (χ1n) is 14.0. The number of halogens is 2. The smallest absolute Gasteiger partial charge is 0.274 e. The Labute approximate surface area is 236 Å². The van der Waals surface area contributed by atoms with E-state index in [2.05, 4.69) is 26.0 Å². The van der Waals surface area contributed by atoms with Crippen molar-refractivity contribution in [2.24, 2.45) is 5.92 Å². The number of carbonyl (C=O) groups excluding carboxylic acids is 3. The maximum Gasteiger partial charge on any atom is 0.274 e. The predicted octanol–water partition coefficient (Wildman–Crippen LogP) is 3.23. The van der Waals surface area contributed by atoms with Crippen LogP contribution in [0.4, 0.5) is 14.5 Å². The lowest BCUT2D eigenvalue weighted by molar-refractivity contribution is -0.136. The molecule has 1 saturated heterocycles. The number of hydrogen-bond acceptors (Lipinski definition) is 7. The van der Waals surface area contributed by atoms with E-state index < -0.39 is 29.6 Å². The maximum atomic E-state index is 13.4. The molecular weight excluding hydrogens is 534 g/mol. The second-order valence-corrected chi connectivity index (χ2v) is 10.7. The third-order valence-corrected chi connectivity index (χ3v) is 7.69. The standard InChI is InChI=1S/C28H34F2N8O3/c29-28(30)14-20(28)27(41)37-12-8-19(9-13-37)38-17-23-24(36-38)26(40)33-11-4-2-1-3-10-32-16-18(15-31)21-6-5-7-22(34-21)25(39)35-23/h5-7,15-17,19-20,31-32H,1-4,8-14H2,(H,33,40)(H,35,39)/b18-16+,31-15?. The number of fused-ring (bicyclic) bond motifs is 3. The summed E-state index contributed by atoms with van der Waals surface area (Å²) in [5.74, 6) is -5.58. The number of amides is 3. The molecule has 11 nitrogen and oxygen atoms in total. The molecule has 1 saturated carbocycles. The molecule has 3 amide bonds. The van der Waals surface area contributed by atoms with Crippen LogP contribution in [0, 0.1) is 11.3 Å². The first-order chi connectivity index (χ1) is 19.8. The van der Waals surface area contributed by atoms with Gasteiger partial charge in [-0.1, -0.05) is 18.9 Å². The van der Waals surface area contributed by atoms with E-state index in [1.54, 1.807) is 35.3 Å². The summed E-state index contributed by atoms with van der Waals surface area (Å²) < 4.78 is 28.4. The molecule has 2 aromatic rings. The van der Waals surface area contributed by atoms with Crippen molar-refractivity contribution in [3.63, 3.8) is 0 Å². The van der Waals surface area contributed by atoms with Gasteiger partial charge in [-0.05, 0) is 37.8 Å².